The molecule has 0 spiro atoms. The molecule has 2 unspecified atom stereocenters. The fourth-order valence-electron chi connectivity index (χ4n) is 6.34. The number of aliphatic hydroxyl groups is 1. The van der Waals surface area contributed by atoms with Crippen LogP contribution < -0.4 is 0 Å². The number of benzene rings is 2. The van der Waals surface area contributed by atoms with Gasteiger partial charge in [-0.15, -0.1) is 11.8 Å². The molecule has 6 atom stereocenters. The minimum Gasteiger partial charge on any atom is -0.456 e. The number of thioether (sulfide) groups is 1. The Morgan fingerprint density at radius 2 is 1.51 bits per heavy atom. The second kappa shape index (κ2) is 14.2. The summed E-state index contributed by atoms with van der Waals surface area (Å²) in [6.07, 6.45) is -1.51. The first kappa shape index (κ1) is 35.3. The second-order valence-corrected chi connectivity index (χ2v) is 13.7. The van der Waals surface area contributed by atoms with Gasteiger partial charge in [0.15, 0.2) is 0 Å². The third-order valence-electron chi connectivity index (χ3n) is 8.85. The Morgan fingerprint density at radius 1 is 0.980 bits per heavy atom. The number of ether oxygens (including phenoxy) is 2. The molecule has 260 valence electrons. The lowest BCUT2D eigenvalue weighted by Gasteiger charge is -2.46. The SMILES string of the molecule is CC(O)[C@H]1C(=O)N2C(C(=O)OCc3ccc([N+](=O)[O-])cc3)=C(S[C@H]3CC(C(=O)N(C)C)N(C(=O)OCc4ccc([N+](=O)[O-])cc4)C3)[C@H](C)[C@H]12. The van der Waals surface area contributed by atoms with Crippen molar-refractivity contribution in [3.8, 4) is 0 Å². The molecule has 49 heavy (non-hydrogen) atoms. The van der Waals surface area contributed by atoms with Gasteiger partial charge in [0, 0.05) is 61.0 Å². The number of non-ortho nitro benzene ring substituents is 2. The van der Waals surface area contributed by atoms with E-state index in [-0.39, 0.29) is 55.1 Å². The third-order valence-corrected chi connectivity index (χ3v) is 10.3. The molecule has 3 heterocycles. The van der Waals surface area contributed by atoms with Crippen molar-refractivity contribution in [2.24, 2.45) is 11.8 Å². The Balaban J connectivity index is 1.35. The number of nitro groups is 2. The zero-order valence-electron chi connectivity index (χ0n) is 27.1. The van der Waals surface area contributed by atoms with Crippen LogP contribution in [0.4, 0.5) is 16.2 Å². The number of fused-ring (bicyclic) bond motifs is 1. The first-order valence-corrected chi connectivity index (χ1v) is 16.3. The summed E-state index contributed by atoms with van der Waals surface area (Å²) in [5.41, 5.74) is 0.814. The molecule has 0 radical (unpaired) electrons. The highest BCUT2D eigenvalue weighted by atomic mass is 32.2. The molecule has 5 rings (SSSR count). The first-order chi connectivity index (χ1) is 23.2. The Hall–Kier alpha value is -5.03. The fraction of sp³-hybridized carbons (Fsp3) is 0.438. The summed E-state index contributed by atoms with van der Waals surface area (Å²) in [4.78, 5) is 78.8. The van der Waals surface area contributed by atoms with Crippen molar-refractivity contribution in [2.45, 2.75) is 56.9 Å². The van der Waals surface area contributed by atoms with E-state index in [0.29, 0.717) is 16.0 Å². The molecular weight excluding hydrogens is 662 g/mol. The van der Waals surface area contributed by atoms with Crippen LogP contribution in [-0.4, -0.2) is 97.6 Å². The van der Waals surface area contributed by atoms with Crippen molar-refractivity contribution in [2.75, 3.05) is 20.6 Å². The highest BCUT2D eigenvalue weighted by Crippen LogP contribution is 2.52. The number of rotatable bonds is 11. The molecule has 3 aliphatic rings. The van der Waals surface area contributed by atoms with E-state index >= 15 is 0 Å². The highest BCUT2D eigenvalue weighted by molar-refractivity contribution is 8.03. The van der Waals surface area contributed by atoms with E-state index < -0.39 is 57.2 Å². The van der Waals surface area contributed by atoms with Gasteiger partial charge in [-0.3, -0.25) is 34.7 Å². The van der Waals surface area contributed by atoms with Crippen LogP contribution in [0.3, 0.4) is 0 Å². The predicted molar refractivity (Wildman–Crippen MR) is 173 cm³/mol. The smallest absolute Gasteiger partial charge is 0.410 e. The number of likely N-dealkylation sites (tertiary alicyclic amines) is 1. The maximum Gasteiger partial charge on any atom is 0.410 e. The average molecular weight is 698 g/mol. The molecule has 2 fully saturated rings. The van der Waals surface area contributed by atoms with E-state index in [1.54, 1.807) is 14.1 Å². The number of hydrogen-bond donors (Lipinski definition) is 1. The molecule has 0 aliphatic carbocycles. The molecular formula is C32H35N5O11S. The summed E-state index contributed by atoms with van der Waals surface area (Å²) in [5, 5.41) is 31.9. The van der Waals surface area contributed by atoms with Gasteiger partial charge in [-0.05, 0) is 48.7 Å². The molecule has 0 bridgehead atoms. The molecule has 3 amide bonds. The number of β-lactam (4-membered cyclic amide) rings is 1. The molecule has 1 N–H and O–H groups in total. The lowest BCUT2D eigenvalue weighted by atomic mass is 9.79. The molecule has 17 heteroatoms. The molecule has 2 aromatic rings. The average Bonchev–Trinajstić information content (AvgIpc) is 3.59. The van der Waals surface area contributed by atoms with Gasteiger partial charge < -0.3 is 24.4 Å². The van der Waals surface area contributed by atoms with Gasteiger partial charge in [-0.1, -0.05) is 6.92 Å². The second-order valence-electron chi connectivity index (χ2n) is 12.3. The van der Waals surface area contributed by atoms with Crippen LogP contribution in [0.15, 0.2) is 59.1 Å². The summed E-state index contributed by atoms with van der Waals surface area (Å²) >= 11 is 1.27. The van der Waals surface area contributed by atoms with Gasteiger partial charge in [-0.2, -0.15) is 0 Å². The Labute approximate surface area is 284 Å². The number of nitrogens with zero attached hydrogens (tertiary/aromatic N) is 5. The number of amides is 3. The van der Waals surface area contributed by atoms with Gasteiger partial charge in [0.25, 0.3) is 11.4 Å². The largest absolute Gasteiger partial charge is 0.456 e. The van der Waals surface area contributed by atoms with Crippen molar-refractivity contribution in [1.82, 2.24) is 14.7 Å². The summed E-state index contributed by atoms with van der Waals surface area (Å²) in [6, 6.07) is 9.66. The monoisotopic (exact) mass is 697 g/mol. The zero-order valence-corrected chi connectivity index (χ0v) is 27.9. The van der Waals surface area contributed by atoms with Crippen LogP contribution in [0.1, 0.15) is 31.4 Å². The lowest BCUT2D eigenvalue weighted by Crippen LogP contribution is -2.63. The minimum absolute atomic E-state index is 0.0287. The van der Waals surface area contributed by atoms with E-state index in [2.05, 4.69) is 0 Å². The highest BCUT2D eigenvalue weighted by Gasteiger charge is 2.60. The quantitative estimate of drug-likeness (QED) is 0.156. The van der Waals surface area contributed by atoms with Crippen molar-refractivity contribution in [3.05, 3.63) is 90.5 Å². The van der Waals surface area contributed by atoms with E-state index in [9.17, 15) is 44.5 Å². The Morgan fingerprint density at radius 3 is 2.00 bits per heavy atom. The van der Waals surface area contributed by atoms with Crippen LogP contribution in [-0.2, 0) is 37.1 Å². The maximum absolute atomic E-state index is 13.6. The number of carbonyl (C=O) groups is 4. The number of esters is 1. The summed E-state index contributed by atoms with van der Waals surface area (Å²) in [7, 11) is 3.13. The standard InChI is InChI=1S/C32H35N5O11S/c1-17-26-25(18(2)38)30(40)35(26)27(31(41)47-15-19-5-9-21(10-6-19)36(43)44)28(17)49-23-13-24(29(39)33(3)4)34(14-23)32(42)48-16-20-7-11-22(12-8-20)37(45)46/h5-12,17-18,23-26,38H,13-16H2,1-4H3/t17-,18?,23+,24?,25-,26-/m1/s1. The van der Waals surface area contributed by atoms with Gasteiger partial charge in [0.1, 0.15) is 25.0 Å². The van der Waals surface area contributed by atoms with Gasteiger partial charge >= 0.3 is 12.1 Å². The number of nitro benzene ring substituents is 2. The Bertz CT molecular complexity index is 1700. The summed E-state index contributed by atoms with van der Waals surface area (Å²) in [5.74, 6) is -2.66. The summed E-state index contributed by atoms with van der Waals surface area (Å²) < 4.78 is 11.1. The van der Waals surface area contributed by atoms with Crippen molar-refractivity contribution >= 4 is 47.0 Å². The molecule has 2 saturated heterocycles. The normalized spacial score (nSPS) is 23.4. The van der Waals surface area contributed by atoms with Crippen molar-refractivity contribution in [3.63, 3.8) is 0 Å². The van der Waals surface area contributed by atoms with Crippen molar-refractivity contribution in [1.29, 1.82) is 0 Å². The van der Waals surface area contributed by atoms with Crippen LogP contribution in [0.2, 0.25) is 0 Å². The number of likely N-dealkylation sites (N-methyl/N-ethyl adjacent to an activating group) is 1. The van der Waals surface area contributed by atoms with E-state index in [1.807, 2.05) is 6.92 Å². The van der Waals surface area contributed by atoms with Gasteiger partial charge in [0.2, 0.25) is 11.8 Å². The van der Waals surface area contributed by atoms with E-state index in [0.717, 1.165) is 0 Å². The van der Waals surface area contributed by atoms with Gasteiger partial charge in [0.05, 0.1) is 27.9 Å². The van der Waals surface area contributed by atoms with Crippen LogP contribution >= 0.6 is 11.8 Å². The van der Waals surface area contributed by atoms with E-state index in [1.165, 1.54) is 81.9 Å². The zero-order chi connectivity index (χ0) is 35.7. The minimum atomic E-state index is -0.965. The maximum atomic E-state index is 13.6. The van der Waals surface area contributed by atoms with Gasteiger partial charge in [-0.25, -0.2) is 9.59 Å². The molecule has 16 nitrogen and oxygen atoms in total. The first-order valence-electron chi connectivity index (χ1n) is 15.4. The Kier molecular flexibility index (Phi) is 10.2. The number of hydrogen-bond acceptors (Lipinski definition) is 12. The summed E-state index contributed by atoms with van der Waals surface area (Å²) in [6.45, 7) is 3.04. The van der Waals surface area contributed by atoms with Crippen molar-refractivity contribution < 1.29 is 43.6 Å². The topological polar surface area (TPSA) is 203 Å². The number of carbonyl (C=O) groups excluding carboxylic acids is 4. The molecule has 0 saturated carbocycles. The predicted octanol–water partition coefficient (Wildman–Crippen LogP) is 3.22. The fourth-order valence-corrected chi connectivity index (χ4v) is 7.86. The van der Waals surface area contributed by atoms with Crippen LogP contribution in [0.25, 0.3) is 0 Å². The molecule has 2 aromatic carbocycles. The van der Waals surface area contributed by atoms with E-state index in [4.69, 9.17) is 9.47 Å². The van der Waals surface area contributed by atoms with Crippen LogP contribution in [0, 0.1) is 32.1 Å². The molecule has 0 aromatic heterocycles. The number of aliphatic hydroxyl groups excluding tert-OH is 1. The third kappa shape index (κ3) is 7.07. The lowest BCUT2D eigenvalue weighted by molar-refractivity contribution is -0.385. The van der Waals surface area contributed by atoms with Crippen LogP contribution in [0.5, 0.6) is 0 Å². The molecule has 3 aliphatic heterocycles.